The number of ether oxygens (including phenoxy) is 1. The van der Waals surface area contributed by atoms with E-state index in [9.17, 15) is 9.59 Å². The molecule has 2 aliphatic heterocycles. The Morgan fingerprint density at radius 2 is 1.86 bits per heavy atom. The fraction of sp³-hybridized carbons (Fsp3) is 0.524. The molecule has 0 unspecified atom stereocenters. The van der Waals surface area contributed by atoms with Crippen molar-refractivity contribution in [1.82, 2.24) is 19.6 Å². The maximum absolute atomic E-state index is 13.1. The van der Waals surface area contributed by atoms with E-state index in [0.717, 1.165) is 42.9 Å². The summed E-state index contributed by atoms with van der Waals surface area (Å²) < 4.78 is 9.71. The summed E-state index contributed by atoms with van der Waals surface area (Å²) in [6, 6.07) is 9.73. The van der Waals surface area contributed by atoms with Crippen LogP contribution in [0.1, 0.15) is 30.5 Å². The molecule has 7 heteroatoms. The van der Waals surface area contributed by atoms with Crippen LogP contribution >= 0.6 is 0 Å². The summed E-state index contributed by atoms with van der Waals surface area (Å²) in [5.41, 5.74) is 2.39. The molecule has 0 saturated carbocycles. The monoisotopic (exact) mass is 384 g/mol. The first-order valence-corrected chi connectivity index (χ1v) is 9.95. The third-order valence-corrected chi connectivity index (χ3v) is 6.14. The third-order valence-electron chi connectivity index (χ3n) is 6.14. The van der Waals surface area contributed by atoms with E-state index in [1.165, 1.54) is 0 Å². The Hall–Kier alpha value is -2.38. The van der Waals surface area contributed by atoms with E-state index < -0.39 is 0 Å². The molecule has 3 heterocycles. The van der Waals surface area contributed by atoms with Crippen LogP contribution in [0.25, 0.3) is 5.69 Å². The molecule has 4 rings (SSSR count). The van der Waals surface area contributed by atoms with Crippen LogP contribution in [0.15, 0.2) is 35.1 Å². The number of nitrogens with one attached hydrogen (secondary N) is 1. The second-order valence-corrected chi connectivity index (χ2v) is 7.87. The third kappa shape index (κ3) is 3.52. The van der Waals surface area contributed by atoms with Gasteiger partial charge in [-0.1, -0.05) is 18.2 Å². The van der Waals surface area contributed by atoms with Gasteiger partial charge >= 0.3 is 0 Å². The summed E-state index contributed by atoms with van der Waals surface area (Å²) in [4.78, 5) is 27.4. The summed E-state index contributed by atoms with van der Waals surface area (Å²) in [7, 11) is 1.93. The van der Waals surface area contributed by atoms with Gasteiger partial charge in [-0.05, 0) is 31.9 Å². The van der Waals surface area contributed by atoms with Crippen LogP contribution in [0.5, 0.6) is 0 Å². The molecule has 1 spiro atoms. The van der Waals surface area contributed by atoms with Crippen molar-refractivity contribution < 1.29 is 9.53 Å². The lowest BCUT2D eigenvalue weighted by Crippen LogP contribution is -2.47. The summed E-state index contributed by atoms with van der Waals surface area (Å²) in [5, 5.41) is 2.88. The molecule has 2 aliphatic rings. The number of nitrogens with zero attached hydrogens (tertiary/aromatic N) is 3. The first kappa shape index (κ1) is 19.0. The van der Waals surface area contributed by atoms with Gasteiger partial charge in [0.1, 0.15) is 0 Å². The molecule has 0 atom stereocenters. The molecule has 0 bridgehead atoms. The van der Waals surface area contributed by atoms with Crippen molar-refractivity contribution in [3.8, 4) is 5.69 Å². The van der Waals surface area contributed by atoms with Crippen molar-refractivity contribution in [1.29, 1.82) is 0 Å². The van der Waals surface area contributed by atoms with Crippen molar-refractivity contribution in [2.24, 2.45) is 7.05 Å². The van der Waals surface area contributed by atoms with Gasteiger partial charge in [0.25, 0.3) is 5.56 Å². The van der Waals surface area contributed by atoms with E-state index in [-0.39, 0.29) is 17.1 Å². The number of hydrogen-bond acceptors (Lipinski definition) is 4. The molecular weight excluding hydrogens is 356 g/mol. The van der Waals surface area contributed by atoms with Crippen molar-refractivity contribution in [3.05, 3.63) is 51.9 Å². The van der Waals surface area contributed by atoms with Crippen LogP contribution in [0.3, 0.4) is 0 Å². The smallest absolute Gasteiger partial charge is 0.276 e. The lowest BCUT2D eigenvalue weighted by atomic mass is 9.87. The first-order chi connectivity index (χ1) is 13.5. The molecule has 28 heavy (non-hydrogen) atoms. The molecule has 0 aliphatic carbocycles. The topological polar surface area (TPSA) is 68.5 Å². The highest BCUT2D eigenvalue weighted by Crippen LogP contribution is 2.31. The summed E-state index contributed by atoms with van der Waals surface area (Å²) in [5.74, 6) is 0.0793. The van der Waals surface area contributed by atoms with E-state index in [1.54, 1.807) is 4.68 Å². The van der Waals surface area contributed by atoms with Gasteiger partial charge in [-0.3, -0.25) is 19.2 Å². The molecule has 1 amide bonds. The lowest BCUT2D eigenvalue weighted by molar-refractivity contribution is -0.128. The number of amides is 1. The van der Waals surface area contributed by atoms with Gasteiger partial charge < -0.3 is 10.1 Å². The van der Waals surface area contributed by atoms with Crippen LogP contribution in [0, 0.1) is 6.92 Å². The fourth-order valence-electron chi connectivity index (χ4n) is 4.33. The zero-order valence-corrected chi connectivity index (χ0v) is 16.6. The number of carbonyl (C=O) groups excluding carboxylic acids is 1. The predicted molar refractivity (Wildman–Crippen MR) is 107 cm³/mol. The second kappa shape index (κ2) is 7.56. The van der Waals surface area contributed by atoms with Crippen molar-refractivity contribution in [2.75, 3.05) is 26.2 Å². The number of likely N-dealkylation sites (tertiary alicyclic amines) is 1. The number of rotatable bonds is 3. The lowest BCUT2D eigenvalue weighted by Gasteiger charge is -2.40. The van der Waals surface area contributed by atoms with Crippen LogP contribution in [0.4, 0.5) is 0 Å². The van der Waals surface area contributed by atoms with Gasteiger partial charge in [0.15, 0.2) is 0 Å². The molecule has 2 fully saturated rings. The molecule has 1 aromatic carbocycles. The van der Waals surface area contributed by atoms with Crippen molar-refractivity contribution >= 4 is 5.91 Å². The minimum atomic E-state index is -0.340. The van der Waals surface area contributed by atoms with Gasteiger partial charge in [0.2, 0.25) is 5.91 Å². The Kier molecular flexibility index (Phi) is 5.12. The second-order valence-electron chi connectivity index (χ2n) is 7.87. The zero-order chi connectivity index (χ0) is 19.7. The van der Waals surface area contributed by atoms with E-state index in [0.29, 0.717) is 26.1 Å². The van der Waals surface area contributed by atoms with E-state index in [1.807, 2.05) is 49.0 Å². The molecule has 2 saturated heterocycles. The average Bonchev–Trinajstić information content (AvgIpc) is 2.83. The zero-order valence-electron chi connectivity index (χ0n) is 16.6. The van der Waals surface area contributed by atoms with Crippen LogP contribution < -0.4 is 10.9 Å². The van der Waals surface area contributed by atoms with Gasteiger partial charge in [0.05, 0.1) is 29.9 Å². The minimum Gasteiger partial charge on any atom is -0.373 e. The van der Waals surface area contributed by atoms with Crippen molar-refractivity contribution in [3.63, 3.8) is 0 Å². The normalized spacial score (nSPS) is 20.1. The average molecular weight is 384 g/mol. The minimum absolute atomic E-state index is 0.0385. The van der Waals surface area contributed by atoms with E-state index in [4.69, 9.17) is 4.74 Å². The molecule has 1 aromatic heterocycles. The highest BCUT2D eigenvalue weighted by atomic mass is 16.5. The van der Waals surface area contributed by atoms with Gasteiger partial charge in [-0.2, -0.15) is 0 Å². The summed E-state index contributed by atoms with van der Waals surface area (Å²) in [6.45, 7) is 5.44. The SMILES string of the molecule is Cc1c(CN2CCC3(CC2)CC(=O)NCCO3)c(=O)n(-c2ccccc2)n1C. The molecule has 2 aromatic rings. The highest BCUT2D eigenvalue weighted by molar-refractivity contribution is 5.77. The van der Waals surface area contributed by atoms with E-state index >= 15 is 0 Å². The Bertz CT molecular complexity index is 908. The molecule has 1 N–H and O–H groups in total. The maximum Gasteiger partial charge on any atom is 0.276 e. The van der Waals surface area contributed by atoms with E-state index in [2.05, 4.69) is 10.2 Å². The van der Waals surface area contributed by atoms with Crippen molar-refractivity contribution in [2.45, 2.75) is 38.3 Å². The Labute approximate surface area is 164 Å². The van der Waals surface area contributed by atoms with Crippen LogP contribution in [-0.2, 0) is 23.1 Å². The standard InChI is InChI=1S/C21H28N4O3/c1-16-18(20(27)25(23(16)2)17-6-4-3-5-7-17)15-24-11-8-21(9-12-24)14-19(26)22-10-13-28-21/h3-7H,8-15H2,1-2H3,(H,22,26). The Morgan fingerprint density at radius 1 is 1.14 bits per heavy atom. The predicted octanol–water partition coefficient (Wildman–Crippen LogP) is 1.36. The number of benzene rings is 1. The fourth-order valence-corrected chi connectivity index (χ4v) is 4.33. The van der Waals surface area contributed by atoms with Gasteiger partial charge in [-0.15, -0.1) is 0 Å². The highest BCUT2D eigenvalue weighted by Gasteiger charge is 2.39. The number of para-hydroxylation sites is 1. The van der Waals surface area contributed by atoms with Crippen LogP contribution in [0.2, 0.25) is 0 Å². The number of carbonyl (C=O) groups is 1. The number of piperidine rings is 1. The Balaban J connectivity index is 1.50. The Morgan fingerprint density at radius 3 is 2.57 bits per heavy atom. The largest absolute Gasteiger partial charge is 0.373 e. The molecule has 0 radical (unpaired) electrons. The van der Waals surface area contributed by atoms with Gasteiger partial charge in [-0.25, -0.2) is 4.68 Å². The number of aromatic nitrogens is 2. The first-order valence-electron chi connectivity index (χ1n) is 9.95. The summed E-state index contributed by atoms with van der Waals surface area (Å²) >= 11 is 0. The maximum atomic E-state index is 13.1. The molecule has 150 valence electrons. The summed E-state index contributed by atoms with van der Waals surface area (Å²) in [6.07, 6.45) is 2.07. The van der Waals surface area contributed by atoms with Crippen LogP contribution in [-0.4, -0.2) is 52.0 Å². The van der Waals surface area contributed by atoms with Gasteiger partial charge in [0, 0.05) is 38.9 Å². The quantitative estimate of drug-likeness (QED) is 0.868. The number of hydrogen-bond donors (Lipinski definition) is 1. The molecule has 7 nitrogen and oxygen atoms in total. The molecular formula is C21H28N4O3.